The maximum atomic E-state index is 13.3. The molecule has 0 radical (unpaired) electrons. The van der Waals surface area contributed by atoms with Crippen LogP contribution >= 0.6 is 0 Å². The zero-order valence-corrected chi connectivity index (χ0v) is 49.3. The third-order valence-corrected chi connectivity index (χ3v) is 11.9. The van der Waals surface area contributed by atoms with Crippen molar-refractivity contribution in [3.8, 4) is 23.0 Å². The normalized spacial score (nSPS) is 10.4. The van der Waals surface area contributed by atoms with Crippen LogP contribution in [0.1, 0.15) is 138 Å². The summed E-state index contributed by atoms with van der Waals surface area (Å²) in [6.07, 6.45) is 0. The first-order valence-electron chi connectivity index (χ1n) is 26.9. The minimum Gasteiger partial charge on any atom is -0.490 e. The molecule has 5 rings (SSSR count). The Kier molecular flexibility index (Phi) is 26.4. The number of benzene rings is 5. The molecule has 0 unspecified atom stereocenters. The Hall–Kier alpha value is -12.6. The molecule has 0 aliphatic rings. The number of carboxylic acid groups (broad SMARTS) is 6. The number of carbonyl (C=O) groups is 14. The van der Waals surface area contributed by atoms with E-state index in [4.69, 9.17) is 56.8 Å². The van der Waals surface area contributed by atoms with Crippen molar-refractivity contribution in [3.05, 3.63) is 176 Å². The molecular formula is C62H54O32. The van der Waals surface area contributed by atoms with E-state index in [2.05, 4.69) is 13.2 Å². The van der Waals surface area contributed by atoms with Crippen molar-refractivity contribution >= 4 is 83.6 Å². The number of hydrogen-bond acceptors (Lipinski definition) is 26. The van der Waals surface area contributed by atoms with Crippen molar-refractivity contribution < 1.29 is 155 Å². The van der Waals surface area contributed by atoms with Crippen molar-refractivity contribution in [2.75, 3.05) is 79.3 Å². The van der Waals surface area contributed by atoms with E-state index in [9.17, 15) is 97.8 Å². The number of ether oxygens (including phenoxy) is 12. The van der Waals surface area contributed by atoms with Gasteiger partial charge in [0.2, 0.25) is 0 Å². The molecule has 0 saturated heterocycles. The fourth-order valence-electron chi connectivity index (χ4n) is 7.61. The molecule has 94 heavy (non-hydrogen) atoms. The lowest BCUT2D eigenvalue weighted by atomic mass is 9.98. The number of carboxylic acids is 6. The lowest BCUT2D eigenvalue weighted by Gasteiger charge is -2.14. The van der Waals surface area contributed by atoms with Gasteiger partial charge in [-0.25, -0.2) is 67.1 Å². The van der Waals surface area contributed by atoms with Crippen molar-refractivity contribution in [1.29, 1.82) is 0 Å². The van der Waals surface area contributed by atoms with Gasteiger partial charge in [0.15, 0.2) is 0 Å². The van der Waals surface area contributed by atoms with E-state index >= 15 is 0 Å². The highest BCUT2D eigenvalue weighted by Crippen LogP contribution is 2.26. The molecule has 5 aromatic carbocycles. The second-order valence-corrected chi connectivity index (χ2v) is 18.7. The molecule has 0 amide bonds. The average molecular weight is 1310 g/mol. The minimum atomic E-state index is -1.77. The Morgan fingerprint density at radius 3 is 0.617 bits per heavy atom. The van der Waals surface area contributed by atoms with Crippen LogP contribution in [0.2, 0.25) is 0 Å². The van der Waals surface area contributed by atoms with Crippen LogP contribution in [0.5, 0.6) is 23.0 Å². The summed E-state index contributed by atoms with van der Waals surface area (Å²) >= 11 is 0. The largest absolute Gasteiger partial charge is 0.490 e. The molecule has 0 fully saturated rings. The van der Waals surface area contributed by atoms with Crippen LogP contribution in [0.25, 0.3) is 0 Å². The van der Waals surface area contributed by atoms with Crippen LogP contribution in [0, 0.1) is 0 Å². The number of hydrogen-bond donors (Lipinski definition) is 6. The minimum absolute atomic E-state index is 0.0532. The third-order valence-electron chi connectivity index (χ3n) is 11.9. The van der Waals surface area contributed by atoms with E-state index in [0.29, 0.717) is 36.4 Å². The van der Waals surface area contributed by atoms with Crippen LogP contribution in [0.15, 0.2) is 109 Å². The predicted octanol–water partition coefficient (Wildman–Crippen LogP) is 5.37. The molecule has 494 valence electrons. The summed E-state index contributed by atoms with van der Waals surface area (Å²) in [5.74, 6) is -19.4. The summed E-state index contributed by atoms with van der Waals surface area (Å²) < 4.78 is 62.5. The lowest BCUT2D eigenvalue weighted by molar-refractivity contribution is -0.140. The van der Waals surface area contributed by atoms with Crippen LogP contribution in [0.4, 0.5) is 0 Å². The van der Waals surface area contributed by atoms with Crippen LogP contribution in [-0.4, -0.2) is 193 Å². The number of rotatable bonds is 36. The molecule has 0 aliphatic heterocycles. The summed E-state index contributed by atoms with van der Waals surface area (Å²) in [7, 11) is 0. The second kappa shape index (κ2) is 34.4. The van der Waals surface area contributed by atoms with Gasteiger partial charge >= 0.3 is 83.6 Å². The lowest BCUT2D eigenvalue weighted by Crippen LogP contribution is -2.21. The van der Waals surface area contributed by atoms with Crippen LogP contribution in [0.3, 0.4) is 0 Å². The average Bonchev–Trinajstić information content (AvgIpc) is 0.809. The van der Waals surface area contributed by atoms with Gasteiger partial charge in [-0.05, 0) is 74.5 Å². The summed E-state index contributed by atoms with van der Waals surface area (Å²) in [5, 5.41) is 58.6. The highest BCUT2D eigenvalue weighted by molar-refractivity contribution is 6.12. The van der Waals surface area contributed by atoms with Crippen LogP contribution in [-0.2, 0) is 47.5 Å². The summed E-state index contributed by atoms with van der Waals surface area (Å²) in [4.78, 5) is 174. The van der Waals surface area contributed by atoms with E-state index in [-0.39, 0.29) is 60.6 Å². The summed E-state index contributed by atoms with van der Waals surface area (Å²) in [6, 6.07) is 15.1. The zero-order valence-electron chi connectivity index (χ0n) is 49.3. The molecule has 32 nitrogen and oxygen atoms in total. The van der Waals surface area contributed by atoms with E-state index in [0.717, 1.165) is 0 Å². The van der Waals surface area contributed by atoms with E-state index < -0.39 is 203 Å². The Labute approximate surface area is 528 Å². The molecule has 0 heterocycles. The molecule has 0 saturated carbocycles. The number of esters is 8. The topological polar surface area (TPSA) is 471 Å². The van der Waals surface area contributed by atoms with Gasteiger partial charge in [-0.2, -0.15) is 0 Å². The number of carbonyl (C=O) groups excluding carboxylic acids is 8. The molecule has 0 aromatic heterocycles. The summed E-state index contributed by atoms with van der Waals surface area (Å²) in [5.41, 5.74) is -9.27. The third kappa shape index (κ3) is 20.7. The van der Waals surface area contributed by atoms with Crippen molar-refractivity contribution in [1.82, 2.24) is 0 Å². The Morgan fingerprint density at radius 1 is 0.266 bits per heavy atom. The van der Waals surface area contributed by atoms with Gasteiger partial charge in [0, 0.05) is 23.3 Å². The molecule has 32 heteroatoms. The Morgan fingerprint density at radius 2 is 0.436 bits per heavy atom. The Bertz CT molecular complexity index is 3610. The van der Waals surface area contributed by atoms with Gasteiger partial charge < -0.3 is 87.5 Å². The first kappa shape index (κ1) is 72.1. The summed E-state index contributed by atoms with van der Waals surface area (Å²) in [6.45, 7) is 3.98. The monoisotopic (exact) mass is 1310 g/mol. The van der Waals surface area contributed by atoms with E-state index in [1.165, 1.54) is 62.4 Å². The van der Waals surface area contributed by atoms with Crippen molar-refractivity contribution in [2.45, 2.75) is 13.8 Å². The molecule has 0 spiro atoms. The first-order valence-corrected chi connectivity index (χ1v) is 26.9. The SMILES string of the molecule is C=C(C)C(=O)OCCOC(=O)c1cc(C(=O)OCCOc2cccc(OCCOC(=O)c3cc(C(=O)OCCOc4cccc(OCCOC(=O)c5cc(C(=O)OCCOC(=O)C(=C)C)c(C(=O)O)cc5C(=O)O)c4)c(C(=O)O)cc3C(=O)O)c2)c(C(=O)O)cc1C(=O)O. The van der Waals surface area contributed by atoms with Crippen LogP contribution < -0.4 is 18.9 Å². The quantitative estimate of drug-likeness (QED) is 0.0127. The molecule has 6 N–H and O–H groups in total. The van der Waals surface area contributed by atoms with Gasteiger partial charge in [-0.3, -0.25) is 0 Å². The predicted molar refractivity (Wildman–Crippen MR) is 309 cm³/mol. The standard InChI is InChI=1S/C62H54O32/c1-31(2)55(75)87-19-21-93-61(81)47-29-45(39(51(67)68)26-41(47)53(71)72)59(79)91-17-13-85-35-9-5-7-33(23-35)83-11-15-89-57(77)43-28-44(38(50(65)66)25-37(43)49(63)64)58(78)90-16-12-84-34-8-6-10-36(24-34)86-14-18-92-60(80)46-30-48(42(54(73)74)27-40(46)52(69)70)62(82)94-22-20-88-56(76)32(3)4/h5-10,23-30H,1,3,11-22H2,2,4H3,(H,63,64)(H,65,66)(H,67,68)(H,69,70)(H,71,72)(H,73,74). The number of aromatic carboxylic acids is 6. The highest BCUT2D eigenvalue weighted by atomic mass is 16.6. The smallest absolute Gasteiger partial charge is 0.339 e. The van der Waals surface area contributed by atoms with Gasteiger partial charge in [-0.15, -0.1) is 0 Å². The van der Waals surface area contributed by atoms with E-state index in [1.54, 1.807) is 0 Å². The fraction of sp³-hybridized carbons (Fsp3) is 0.226. The van der Waals surface area contributed by atoms with Gasteiger partial charge in [0.05, 0.1) is 66.8 Å². The first-order chi connectivity index (χ1) is 44.6. The molecule has 0 bridgehead atoms. The highest BCUT2D eigenvalue weighted by Gasteiger charge is 2.31. The van der Waals surface area contributed by atoms with Crippen molar-refractivity contribution in [2.24, 2.45) is 0 Å². The molecule has 0 atom stereocenters. The fourth-order valence-corrected chi connectivity index (χ4v) is 7.61. The molecular weight excluding hydrogens is 1260 g/mol. The van der Waals surface area contributed by atoms with E-state index in [1.807, 2.05) is 0 Å². The zero-order chi connectivity index (χ0) is 69.3. The molecule has 0 aliphatic carbocycles. The maximum absolute atomic E-state index is 13.3. The van der Waals surface area contributed by atoms with Crippen molar-refractivity contribution in [3.63, 3.8) is 0 Å². The second-order valence-electron chi connectivity index (χ2n) is 18.7. The Balaban J connectivity index is 1.11. The van der Waals surface area contributed by atoms with Gasteiger partial charge in [0.25, 0.3) is 0 Å². The maximum Gasteiger partial charge on any atom is 0.339 e. The van der Waals surface area contributed by atoms with Gasteiger partial charge in [-0.1, -0.05) is 25.3 Å². The molecule has 5 aromatic rings. The van der Waals surface area contributed by atoms with Gasteiger partial charge in [0.1, 0.15) is 102 Å².